The van der Waals surface area contributed by atoms with Crippen molar-refractivity contribution in [3.05, 3.63) is 83.7 Å². The van der Waals surface area contributed by atoms with Crippen molar-refractivity contribution in [3.8, 4) is 24.7 Å². The number of aryl methyl sites for hydroxylation is 2. The van der Waals surface area contributed by atoms with Gasteiger partial charge < -0.3 is 15.0 Å². The lowest BCUT2D eigenvalue weighted by atomic mass is 10.0. The Labute approximate surface area is 347 Å². The van der Waals surface area contributed by atoms with Crippen LogP contribution in [0, 0.1) is 60.2 Å². The van der Waals surface area contributed by atoms with Crippen molar-refractivity contribution in [2.75, 3.05) is 6.61 Å². The molecule has 3 aromatic rings. The first-order chi connectivity index (χ1) is 26.6. The number of aliphatic hydroxyl groups is 1. The third kappa shape index (κ3) is 45.4. The van der Waals surface area contributed by atoms with Crippen molar-refractivity contribution >= 4 is 24.3 Å². The van der Waals surface area contributed by atoms with Crippen LogP contribution in [0.3, 0.4) is 0 Å². The van der Waals surface area contributed by atoms with E-state index in [4.69, 9.17) is 27.9 Å². The Morgan fingerprint density at radius 2 is 1.14 bits per heavy atom. The van der Waals surface area contributed by atoms with Gasteiger partial charge in [-0.25, -0.2) is 0 Å². The Bertz CT molecular complexity index is 1450. The van der Waals surface area contributed by atoms with Crippen LogP contribution in [0.2, 0.25) is 0 Å². The van der Waals surface area contributed by atoms with Gasteiger partial charge in [-0.05, 0) is 36.7 Å². The van der Waals surface area contributed by atoms with Crippen molar-refractivity contribution in [1.82, 2.24) is 15.0 Å². The van der Waals surface area contributed by atoms with Gasteiger partial charge in [0.25, 0.3) is 0 Å². The Morgan fingerprint density at radius 1 is 0.737 bits per heavy atom. The molecule has 2 N–H and O–H groups in total. The number of aliphatic carboxylic acids is 1. The molecule has 0 unspecified atom stereocenters. The van der Waals surface area contributed by atoms with Crippen LogP contribution in [-0.4, -0.2) is 56.1 Å². The lowest BCUT2D eigenvalue weighted by Crippen LogP contribution is -2.06. The van der Waals surface area contributed by atoms with E-state index in [1.54, 1.807) is 20.8 Å². The van der Waals surface area contributed by atoms with Gasteiger partial charge >= 0.3 is 5.97 Å². The molecule has 320 valence electrons. The second-order valence-corrected chi connectivity index (χ2v) is 15.1. The van der Waals surface area contributed by atoms with Gasteiger partial charge in [0, 0.05) is 49.1 Å². The first-order valence-electron chi connectivity index (χ1n) is 19.6. The second-order valence-electron chi connectivity index (χ2n) is 15.1. The molecule has 0 radical (unpaired) electrons. The molecule has 1 heterocycles. The zero-order valence-corrected chi connectivity index (χ0v) is 38.0. The molecule has 0 saturated heterocycles. The summed E-state index contributed by atoms with van der Waals surface area (Å²) in [6, 6.07) is 19.8. The highest BCUT2D eigenvalue weighted by Gasteiger charge is 2.08. The van der Waals surface area contributed by atoms with E-state index in [2.05, 4.69) is 74.1 Å². The third-order valence-electron chi connectivity index (χ3n) is 6.73. The number of ketones is 2. The maximum absolute atomic E-state index is 11.3. The van der Waals surface area contributed by atoms with E-state index in [1.165, 1.54) is 5.56 Å². The summed E-state index contributed by atoms with van der Waals surface area (Å²) in [5, 5.41) is 24.4. The largest absolute Gasteiger partial charge is 0.481 e. The number of nitrogens with zero attached hydrogens (tertiary/aromatic N) is 3. The number of hydrogen-bond donors (Lipinski definition) is 2. The highest BCUT2D eigenvalue weighted by atomic mass is 16.4. The van der Waals surface area contributed by atoms with E-state index in [9.17, 15) is 14.4 Å². The fourth-order valence-corrected chi connectivity index (χ4v) is 2.75. The molecule has 0 amide bonds. The number of rotatable bonds is 10. The summed E-state index contributed by atoms with van der Waals surface area (Å²) in [5.74, 6) is 6.87. The highest BCUT2D eigenvalue weighted by Crippen LogP contribution is 2.10. The lowest BCUT2D eigenvalue weighted by molar-refractivity contribution is -0.140. The third-order valence-corrected chi connectivity index (χ3v) is 6.73. The smallest absolute Gasteiger partial charge is 0.305 e. The zero-order chi connectivity index (χ0) is 45.5. The molecule has 0 atom stereocenters. The molecular weight excluding hydrogens is 715 g/mol. The maximum Gasteiger partial charge on any atom is 0.305 e. The number of hydrogen-bond acceptors (Lipinski definition) is 7. The Balaban J connectivity index is -0.000000194. The van der Waals surface area contributed by atoms with Gasteiger partial charge in [0.2, 0.25) is 0 Å². The van der Waals surface area contributed by atoms with Crippen molar-refractivity contribution in [2.24, 2.45) is 35.5 Å². The fraction of sp³-hybridized carbons (Fsp3) is 0.542. The molecule has 3 rings (SSSR count). The van der Waals surface area contributed by atoms with Crippen LogP contribution in [0.5, 0.6) is 0 Å². The first-order valence-corrected chi connectivity index (χ1v) is 19.6. The molecule has 1 aromatic heterocycles. The number of aromatic nitrogens is 3. The molecule has 0 aliphatic heterocycles. The van der Waals surface area contributed by atoms with Crippen LogP contribution in [0.1, 0.15) is 138 Å². The van der Waals surface area contributed by atoms with Crippen LogP contribution in [-0.2, 0) is 27.3 Å². The molecule has 0 bridgehead atoms. The van der Waals surface area contributed by atoms with Gasteiger partial charge in [-0.3, -0.25) is 19.1 Å². The SMILES string of the molecule is C#CC(C)C.C#CCC(C)C.C=O.CC(=O)C(C)C.CC(C)C(=O)O.CC(C)C(=O)c1ccccc1.CC(C)CO.CC(C)c1cn(CCc2ccccc2)nn1. The van der Waals surface area contributed by atoms with Gasteiger partial charge in [0.1, 0.15) is 12.6 Å². The number of carboxylic acid groups (broad SMARTS) is 1. The van der Waals surface area contributed by atoms with Crippen LogP contribution < -0.4 is 0 Å². The molecule has 0 aliphatic carbocycles. The van der Waals surface area contributed by atoms with E-state index >= 15 is 0 Å². The molecule has 0 fully saturated rings. The minimum atomic E-state index is -0.741. The predicted octanol–water partition coefficient (Wildman–Crippen LogP) is 10.5. The average molecular weight is 792 g/mol. The summed E-state index contributed by atoms with van der Waals surface area (Å²) >= 11 is 0. The van der Waals surface area contributed by atoms with Gasteiger partial charge in [-0.1, -0.05) is 163 Å². The number of aliphatic hydroxyl groups excluding tert-OH is 1. The maximum atomic E-state index is 11.3. The summed E-state index contributed by atoms with van der Waals surface area (Å²) < 4.78 is 1.92. The lowest BCUT2D eigenvalue weighted by Gasteiger charge is -2.01. The van der Waals surface area contributed by atoms with E-state index in [0.717, 1.165) is 30.6 Å². The molecule has 9 heteroatoms. The molecular formula is C48H77N3O6. The standard InChI is InChI=1S/C13H17N3.C10H12O.C6H10.C5H10O.C5H8.C4H8O2.C4H10O.CH2O/c1-11(2)13-10-16(15-14-13)9-8-12-6-4-3-5-7-12;1-8(2)10(11)9-6-4-3-5-7-9;1-4-5-6(2)3;1-4(2)5(3)6;1-4-5(2)3;1-3(2)4(5)6;1-4(2)3-5;1-2/h3-7,10-11H,8-9H2,1-2H3;3-8H,1-2H3;1,6H,5H2,2-3H3;4H,1-3H3;1,5H,2-3H3;3H,1-2H3,(H,5,6);4-5H,3H2,1-2H3;1H2. The molecule has 0 saturated carbocycles. The van der Waals surface area contributed by atoms with Crippen molar-refractivity contribution < 1.29 is 29.4 Å². The number of Topliss-reactive ketones (excluding diaryl/α,β-unsaturated/α-hetero) is 2. The van der Waals surface area contributed by atoms with E-state index in [1.807, 2.05) is 109 Å². The minimum Gasteiger partial charge on any atom is -0.481 e. The second kappa shape index (κ2) is 40.8. The number of benzene rings is 2. The Hall–Kier alpha value is -4.86. The summed E-state index contributed by atoms with van der Waals surface area (Å²) in [4.78, 5) is 39.2. The molecule has 9 nitrogen and oxygen atoms in total. The summed E-state index contributed by atoms with van der Waals surface area (Å²) in [6.07, 6.45) is 13.8. The number of carbonyl (C=O) groups excluding carboxylic acids is 3. The predicted molar refractivity (Wildman–Crippen MR) is 239 cm³/mol. The summed E-state index contributed by atoms with van der Waals surface area (Å²) in [7, 11) is 0. The van der Waals surface area contributed by atoms with Crippen LogP contribution in [0.25, 0.3) is 0 Å². The van der Waals surface area contributed by atoms with Crippen LogP contribution >= 0.6 is 0 Å². The van der Waals surface area contributed by atoms with Gasteiger partial charge in [0.05, 0.1) is 11.6 Å². The van der Waals surface area contributed by atoms with Crippen molar-refractivity contribution in [1.29, 1.82) is 0 Å². The van der Waals surface area contributed by atoms with Crippen LogP contribution in [0.4, 0.5) is 0 Å². The highest BCUT2D eigenvalue weighted by molar-refractivity contribution is 5.97. The van der Waals surface area contributed by atoms with E-state index < -0.39 is 5.97 Å². The van der Waals surface area contributed by atoms with Gasteiger partial charge in [-0.15, -0.1) is 29.8 Å². The summed E-state index contributed by atoms with van der Waals surface area (Å²) in [6.45, 7) is 32.1. The van der Waals surface area contributed by atoms with E-state index in [0.29, 0.717) is 30.3 Å². The number of carbonyl (C=O) groups is 4. The van der Waals surface area contributed by atoms with Crippen LogP contribution in [0.15, 0.2) is 66.9 Å². The molecule has 0 spiro atoms. The first kappa shape index (κ1) is 61.4. The van der Waals surface area contributed by atoms with E-state index in [-0.39, 0.29) is 29.3 Å². The molecule has 2 aromatic carbocycles. The fourth-order valence-electron chi connectivity index (χ4n) is 2.75. The molecule has 57 heavy (non-hydrogen) atoms. The minimum absolute atomic E-state index is 0.0948. The quantitative estimate of drug-likeness (QED) is 0.153. The van der Waals surface area contributed by atoms with Gasteiger partial charge in [-0.2, -0.15) is 0 Å². The number of carboxylic acids is 1. The molecule has 0 aliphatic rings. The Morgan fingerprint density at radius 3 is 1.39 bits per heavy atom. The summed E-state index contributed by atoms with van der Waals surface area (Å²) in [5.41, 5.74) is 3.21. The normalized spacial score (nSPS) is 9.42. The zero-order valence-electron chi connectivity index (χ0n) is 38.0. The monoisotopic (exact) mass is 792 g/mol. The average Bonchev–Trinajstić information content (AvgIpc) is 3.66. The topological polar surface area (TPSA) is 139 Å². The number of terminal acetylenes is 2. The van der Waals surface area contributed by atoms with Crippen molar-refractivity contribution in [3.63, 3.8) is 0 Å². The van der Waals surface area contributed by atoms with Gasteiger partial charge in [0.15, 0.2) is 5.78 Å². The Kier molecular flexibility index (Phi) is 43.9. The van der Waals surface area contributed by atoms with Crippen molar-refractivity contribution in [2.45, 2.75) is 129 Å².